The number of amides is 2. The summed E-state index contributed by atoms with van der Waals surface area (Å²) < 4.78 is 16.7. The number of methoxy groups -OCH3 is 2. The highest BCUT2D eigenvalue weighted by Gasteiger charge is 2.40. The standard InChI is InChI=1S/C24H27BrN2O5/c1-30-21-13-19(20(25)14-22(21)31-2)23(28)26-10-8-17(9-11-26)27-18(15-32-24(27)29)12-16-6-4-3-5-7-16/h3-7,13-14,17-18H,8-12,15H2,1-2H3/t18-/m1/s1. The average Bonchev–Trinajstić information content (AvgIpc) is 3.18. The Kier molecular flexibility index (Phi) is 6.89. The molecule has 32 heavy (non-hydrogen) atoms. The van der Waals surface area contributed by atoms with Crippen molar-refractivity contribution in [3.05, 3.63) is 58.1 Å². The fourth-order valence-corrected chi connectivity index (χ4v) is 4.99. The Bertz CT molecular complexity index is 976. The normalized spacial score (nSPS) is 19.1. The van der Waals surface area contributed by atoms with Gasteiger partial charge in [0.1, 0.15) is 6.61 Å². The van der Waals surface area contributed by atoms with Crippen LogP contribution in [0.5, 0.6) is 11.5 Å². The van der Waals surface area contributed by atoms with Gasteiger partial charge in [0.05, 0.1) is 25.8 Å². The molecule has 170 valence electrons. The number of nitrogens with zero attached hydrogens (tertiary/aromatic N) is 2. The third-order valence-electron chi connectivity index (χ3n) is 6.17. The van der Waals surface area contributed by atoms with Crippen LogP contribution in [-0.2, 0) is 11.2 Å². The minimum absolute atomic E-state index is 0.0251. The van der Waals surface area contributed by atoms with Gasteiger partial charge in [0, 0.05) is 23.6 Å². The van der Waals surface area contributed by atoms with E-state index < -0.39 is 0 Å². The number of carbonyl (C=O) groups is 2. The predicted octanol–water partition coefficient (Wildman–Crippen LogP) is 4.13. The lowest BCUT2D eigenvalue weighted by atomic mass is 9.98. The molecule has 1 atom stereocenters. The van der Waals surface area contributed by atoms with Crippen LogP contribution in [0, 0.1) is 0 Å². The lowest BCUT2D eigenvalue weighted by molar-refractivity contribution is 0.0635. The van der Waals surface area contributed by atoms with Crippen molar-refractivity contribution in [3.8, 4) is 11.5 Å². The molecule has 0 aliphatic carbocycles. The number of rotatable bonds is 6. The molecule has 0 aromatic heterocycles. The average molecular weight is 503 g/mol. The Morgan fingerprint density at radius 1 is 1.09 bits per heavy atom. The van der Waals surface area contributed by atoms with Crippen molar-refractivity contribution >= 4 is 27.9 Å². The second-order valence-corrected chi connectivity index (χ2v) is 8.89. The Hall–Kier alpha value is -2.74. The van der Waals surface area contributed by atoms with Crippen molar-refractivity contribution in [1.82, 2.24) is 9.80 Å². The molecule has 7 nitrogen and oxygen atoms in total. The van der Waals surface area contributed by atoms with Gasteiger partial charge in [0.25, 0.3) is 5.91 Å². The highest BCUT2D eigenvalue weighted by molar-refractivity contribution is 9.10. The van der Waals surface area contributed by atoms with Crippen molar-refractivity contribution in [2.45, 2.75) is 31.3 Å². The SMILES string of the molecule is COc1cc(Br)c(C(=O)N2CCC(N3C(=O)OC[C@H]3Cc3ccccc3)CC2)cc1OC. The molecule has 8 heteroatoms. The highest BCUT2D eigenvalue weighted by atomic mass is 79.9. The number of cyclic esters (lactones) is 1. The first-order chi connectivity index (χ1) is 15.5. The van der Waals surface area contributed by atoms with Crippen molar-refractivity contribution in [1.29, 1.82) is 0 Å². The summed E-state index contributed by atoms with van der Waals surface area (Å²) in [5, 5.41) is 0. The fourth-order valence-electron chi connectivity index (χ4n) is 4.50. The van der Waals surface area contributed by atoms with Crippen LogP contribution in [0.15, 0.2) is 46.9 Å². The van der Waals surface area contributed by atoms with Crippen LogP contribution in [-0.4, -0.2) is 67.8 Å². The minimum Gasteiger partial charge on any atom is -0.493 e. The summed E-state index contributed by atoms with van der Waals surface area (Å²) in [6, 6.07) is 13.7. The first-order valence-corrected chi connectivity index (χ1v) is 11.5. The molecule has 0 spiro atoms. The molecule has 2 saturated heterocycles. The van der Waals surface area contributed by atoms with E-state index in [1.54, 1.807) is 26.4 Å². The first kappa shape index (κ1) is 22.5. The van der Waals surface area contributed by atoms with E-state index >= 15 is 0 Å². The van der Waals surface area contributed by atoms with E-state index in [2.05, 4.69) is 28.1 Å². The molecule has 2 aliphatic rings. The summed E-state index contributed by atoms with van der Waals surface area (Å²) in [4.78, 5) is 29.4. The van der Waals surface area contributed by atoms with Crippen molar-refractivity contribution in [2.24, 2.45) is 0 Å². The van der Waals surface area contributed by atoms with E-state index in [9.17, 15) is 9.59 Å². The van der Waals surface area contributed by atoms with Gasteiger partial charge in [-0.25, -0.2) is 4.79 Å². The molecule has 0 radical (unpaired) electrons. The Balaban J connectivity index is 1.42. The van der Waals surface area contributed by atoms with Crippen LogP contribution in [0.25, 0.3) is 0 Å². The molecule has 0 saturated carbocycles. The van der Waals surface area contributed by atoms with Crippen LogP contribution < -0.4 is 9.47 Å². The van der Waals surface area contributed by atoms with Gasteiger partial charge in [-0.05, 0) is 52.9 Å². The van der Waals surface area contributed by atoms with Gasteiger partial charge >= 0.3 is 6.09 Å². The number of ether oxygens (including phenoxy) is 3. The van der Waals surface area contributed by atoms with Gasteiger partial charge in [-0.1, -0.05) is 30.3 Å². The van der Waals surface area contributed by atoms with Gasteiger partial charge in [0.15, 0.2) is 11.5 Å². The van der Waals surface area contributed by atoms with Crippen LogP contribution in [0.2, 0.25) is 0 Å². The number of halogens is 1. The number of benzene rings is 2. The van der Waals surface area contributed by atoms with Crippen LogP contribution in [0.4, 0.5) is 4.79 Å². The maximum atomic E-state index is 13.2. The van der Waals surface area contributed by atoms with Crippen molar-refractivity contribution < 1.29 is 23.8 Å². The van der Waals surface area contributed by atoms with Crippen LogP contribution in [0.3, 0.4) is 0 Å². The molecule has 0 N–H and O–H groups in total. The van der Waals surface area contributed by atoms with Gasteiger partial charge in [-0.3, -0.25) is 9.69 Å². The molecule has 2 aromatic carbocycles. The number of likely N-dealkylation sites (tertiary alicyclic amines) is 1. The zero-order valence-corrected chi connectivity index (χ0v) is 19.8. The first-order valence-electron chi connectivity index (χ1n) is 10.7. The third-order valence-corrected chi connectivity index (χ3v) is 6.82. The van der Waals surface area contributed by atoms with Gasteiger partial charge < -0.3 is 19.1 Å². The largest absolute Gasteiger partial charge is 0.493 e. The maximum Gasteiger partial charge on any atom is 0.410 e. The number of hydrogen-bond acceptors (Lipinski definition) is 5. The van der Waals surface area contributed by atoms with E-state index in [-0.39, 0.29) is 24.1 Å². The minimum atomic E-state index is -0.252. The topological polar surface area (TPSA) is 68.3 Å². The number of carbonyl (C=O) groups excluding carboxylic acids is 2. The van der Waals surface area contributed by atoms with E-state index in [0.717, 1.165) is 19.3 Å². The van der Waals surface area contributed by atoms with Gasteiger partial charge in [-0.15, -0.1) is 0 Å². The lowest BCUT2D eigenvalue weighted by Gasteiger charge is -2.38. The molecule has 4 rings (SSSR count). The lowest BCUT2D eigenvalue weighted by Crippen LogP contribution is -2.50. The number of hydrogen-bond donors (Lipinski definition) is 0. The Morgan fingerprint density at radius 3 is 2.41 bits per heavy atom. The molecule has 2 amide bonds. The summed E-state index contributed by atoms with van der Waals surface area (Å²) in [5.41, 5.74) is 1.72. The summed E-state index contributed by atoms with van der Waals surface area (Å²) in [6.45, 7) is 1.56. The molecule has 2 fully saturated rings. The second-order valence-electron chi connectivity index (χ2n) is 8.04. The monoisotopic (exact) mass is 502 g/mol. The molecule has 2 aliphatic heterocycles. The highest BCUT2D eigenvalue weighted by Crippen LogP contribution is 2.34. The van der Waals surface area contributed by atoms with E-state index in [4.69, 9.17) is 14.2 Å². The maximum absolute atomic E-state index is 13.2. The summed E-state index contributed by atoms with van der Waals surface area (Å²) in [7, 11) is 3.11. The quantitative estimate of drug-likeness (QED) is 0.593. The van der Waals surface area contributed by atoms with Crippen LogP contribution in [0.1, 0.15) is 28.8 Å². The van der Waals surface area contributed by atoms with E-state index in [1.165, 1.54) is 5.56 Å². The predicted molar refractivity (Wildman–Crippen MR) is 123 cm³/mol. The van der Waals surface area contributed by atoms with E-state index in [1.807, 2.05) is 28.0 Å². The summed E-state index contributed by atoms with van der Waals surface area (Å²) in [6.07, 6.45) is 1.96. The zero-order chi connectivity index (χ0) is 22.7. The summed E-state index contributed by atoms with van der Waals surface area (Å²) >= 11 is 3.48. The van der Waals surface area contributed by atoms with E-state index in [0.29, 0.717) is 41.2 Å². The zero-order valence-electron chi connectivity index (χ0n) is 18.3. The van der Waals surface area contributed by atoms with Crippen molar-refractivity contribution in [3.63, 3.8) is 0 Å². The molecule has 0 unspecified atom stereocenters. The molecule has 2 aromatic rings. The molecule has 0 bridgehead atoms. The third kappa shape index (κ3) is 4.55. The van der Waals surface area contributed by atoms with Crippen molar-refractivity contribution in [2.75, 3.05) is 33.9 Å². The number of piperidine rings is 1. The second kappa shape index (κ2) is 9.81. The smallest absolute Gasteiger partial charge is 0.410 e. The Labute approximate surface area is 196 Å². The molecule has 2 heterocycles. The molecular formula is C24H27BrN2O5. The van der Waals surface area contributed by atoms with Gasteiger partial charge in [0.2, 0.25) is 0 Å². The summed E-state index contributed by atoms with van der Waals surface area (Å²) in [5.74, 6) is 1.00. The Morgan fingerprint density at radius 2 is 1.75 bits per heavy atom. The van der Waals surface area contributed by atoms with Crippen LogP contribution >= 0.6 is 15.9 Å². The fraction of sp³-hybridized carbons (Fsp3) is 0.417. The molecular weight excluding hydrogens is 476 g/mol. The van der Waals surface area contributed by atoms with Gasteiger partial charge in [-0.2, -0.15) is 0 Å².